The molecule has 0 spiro atoms. The smallest absolute Gasteiger partial charge is 0.120 e. The lowest BCUT2D eigenvalue weighted by Gasteiger charge is -2.05. The van der Waals surface area contributed by atoms with E-state index in [0.29, 0.717) is 6.61 Å². The Bertz CT molecular complexity index is 408. The van der Waals surface area contributed by atoms with Gasteiger partial charge in [0.15, 0.2) is 0 Å². The Morgan fingerprint density at radius 3 is 2.53 bits per heavy atom. The van der Waals surface area contributed by atoms with Crippen molar-refractivity contribution >= 4 is 22.6 Å². The monoisotopic (exact) mass is 309 g/mol. The van der Waals surface area contributed by atoms with Crippen molar-refractivity contribution in [1.82, 2.24) is 0 Å². The van der Waals surface area contributed by atoms with Crippen molar-refractivity contribution < 1.29 is 4.74 Å². The molecule has 2 rings (SSSR count). The third kappa shape index (κ3) is 3.23. The van der Waals surface area contributed by atoms with E-state index in [1.165, 1.54) is 5.56 Å². The largest absolute Gasteiger partial charge is 0.489 e. The predicted molar refractivity (Wildman–Crippen MR) is 68.8 cm³/mol. The van der Waals surface area contributed by atoms with E-state index < -0.39 is 0 Å². The van der Waals surface area contributed by atoms with Crippen LogP contribution in [-0.4, -0.2) is 0 Å². The van der Waals surface area contributed by atoms with Crippen molar-refractivity contribution in [3.63, 3.8) is 0 Å². The number of halogens is 1. The van der Waals surface area contributed by atoms with E-state index in [-0.39, 0.29) is 0 Å². The highest BCUT2D eigenvalue weighted by Gasteiger charge is 1.95. The second-order valence-electron chi connectivity index (χ2n) is 3.15. The van der Waals surface area contributed by atoms with Crippen molar-refractivity contribution in [3.8, 4) is 5.75 Å². The first-order valence-corrected chi connectivity index (χ1v) is 5.76. The van der Waals surface area contributed by atoms with Gasteiger partial charge in [-0.3, -0.25) is 0 Å². The highest BCUT2D eigenvalue weighted by Crippen LogP contribution is 2.14. The summed E-state index contributed by atoms with van der Waals surface area (Å²) in [5.74, 6) is 0.860. The molecule has 0 fully saturated rings. The van der Waals surface area contributed by atoms with Gasteiger partial charge in [-0.25, -0.2) is 0 Å². The van der Waals surface area contributed by atoms with Crippen LogP contribution in [0.4, 0.5) is 0 Å². The van der Waals surface area contributed by atoms with Crippen molar-refractivity contribution in [2.75, 3.05) is 0 Å². The summed E-state index contributed by atoms with van der Waals surface area (Å²) >= 11 is 2.23. The van der Waals surface area contributed by atoms with Gasteiger partial charge in [-0.1, -0.05) is 30.3 Å². The third-order valence-corrected chi connectivity index (χ3v) is 2.67. The van der Waals surface area contributed by atoms with E-state index in [4.69, 9.17) is 4.74 Å². The van der Waals surface area contributed by atoms with E-state index in [9.17, 15) is 0 Å². The summed E-state index contributed by atoms with van der Waals surface area (Å²) < 4.78 is 6.71. The molecule has 0 amide bonds. The molecule has 2 aromatic carbocycles. The Balaban J connectivity index is 1.96. The van der Waals surface area contributed by atoms with Crippen molar-refractivity contribution in [2.45, 2.75) is 6.61 Å². The van der Waals surface area contributed by atoms with Crippen molar-refractivity contribution in [1.29, 1.82) is 0 Å². The van der Waals surface area contributed by atoms with Crippen LogP contribution >= 0.6 is 22.6 Å². The molecular formula is C13H10IO. The van der Waals surface area contributed by atoms with Gasteiger partial charge in [-0.15, -0.1) is 0 Å². The molecule has 0 saturated carbocycles. The summed E-state index contributed by atoms with van der Waals surface area (Å²) in [6.07, 6.45) is 0. The molecular weight excluding hydrogens is 299 g/mol. The number of benzene rings is 2. The fourth-order valence-corrected chi connectivity index (χ4v) is 1.56. The Morgan fingerprint density at radius 1 is 1.07 bits per heavy atom. The van der Waals surface area contributed by atoms with Crippen LogP contribution in [0.1, 0.15) is 5.56 Å². The van der Waals surface area contributed by atoms with Crippen LogP contribution in [-0.2, 0) is 6.61 Å². The zero-order chi connectivity index (χ0) is 10.5. The second-order valence-corrected chi connectivity index (χ2v) is 4.31. The molecule has 0 aliphatic heterocycles. The van der Waals surface area contributed by atoms with Gasteiger partial charge in [0.1, 0.15) is 12.4 Å². The first-order valence-electron chi connectivity index (χ1n) is 4.68. The number of hydrogen-bond donors (Lipinski definition) is 0. The standard InChI is InChI=1S/C13H10IO/c14-12-6-8-13(9-7-12)15-10-11-4-2-1-3-5-11/h1-6,8-9H,10H2. The van der Waals surface area contributed by atoms with Crippen LogP contribution in [0.2, 0.25) is 0 Å². The highest BCUT2D eigenvalue weighted by atomic mass is 127. The Morgan fingerprint density at radius 2 is 1.87 bits per heavy atom. The summed E-state index contributed by atoms with van der Waals surface area (Å²) in [4.78, 5) is 0. The fraction of sp³-hybridized carbons (Fsp3) is 0.0769. The zero-order valence-corrected chi connectivity index (χ0v) is 10.3. The van der Waals surface area contributed by atoms with Gasteiger partial charge in [-0.2, -0.15) is 0 Å². The van der Waals surface area contributed by atoms with Gasteiger partial charge in [0.25, 0.3) is 0 Å². The normalized spacial score (nSPS) is 9.93. The molecule has 75 valence electrons. The van der Waals surface area contributed by atoms with E-state index in [1.807, 2.05) is 36.4 Å². The lowest BCUT2D eigenvalue weighted by atomic mass is 10.2. The molecule has 0 aliphatic carbocycles. The number of hydrogen-bond acceptors (Lipinski definition) is 1. The summed E-state index contributed by atoms with van der Waals surface area (Å²) in [5.41, 5.74) is 1.18. The maximum Gasteiger partial charge on any atom is 0.120 e. The zero-order valence-electron chi connectivity index (χ0n) is 8.11. The SMILES string of the molecule is Ic1[c]cc(OCc2ccccc2)cc1. The van der Waals surface area contributed by atoms with Crippen LogP contribution < -0.4 is 4.74 Å². The summed E-state index contributed by atoms with van der Waals surface area (Å²) in [6.45, 7) is 0.606. The molecule has 0 aromatic heterocycles. The molecule has 1 nitrogen and oxygen atoms in total. The van der Waals surface area contributed by atoms with Gasteiger partial charge in [0, 0.05) is 3.57 Å². The molecule has 2 aromatic rings. The molecule has 0 aliphatic rings. The molecule has 2 heteroatoms. The molecule has 0 heterocycles. The van der Waals surface area contributed by atoms with Gasteiger partial charge in [-0.05, 0) is 52.4 Å². The minimum Gasteiger partial charge on any atom is -0.489 e. The first kappa shape index (κ1) is 10.5. The Labute approximate surface area is 103 Å². The van der Waals surface area contributed by atoms with E-state index in [1.54, 1.807) is 0 Å². The average Bonchev–Trinajstić information content (AvgIpc) is 2.30. The van der Waals surface area contributed by atoms with E-state index >= 15 is 0 Å². The molecule has 0 atom stereocenters. The quantitative estimate of drug-likeness (QED) is 0.786. The van der Waals surface area contributed by atoms with Gasteiger partial charge in [0.05, 0.1) is 0 Å². The molecule has 0 unspecified atom stereocenters. The van der Waals surface area contributed by atoms with E-state index in [0.717, 1.165) is 9.32 Å². The topological polar surface area (TPSA) is 9.23 Å². The minimum absolute atomic E-state index is 0.606. The fourth-order valence-electron chi connectivity index (χ4n) is 1.22. The van der Waals surface area contributed by atoms with Crippen LogP contribution in [0.25, 0.3) is 0 Å². The van der Waals surface area contributed by atoms with Crippen molar-refractivity contribution in [2.24, 2.45) is 0 Å². The lowest BCUT2D eigenvalue weighted by molar-refractivity contribution is 0.306. The van der Waals surface area contributed by atoms with Crippen LogP contribution in [0.3, 0.4) is 0 Å². The number of rotatable bonds is 3. The van der Waals surface area contributed by atoms with Gasteiger partial charge < -0.3 is 4.74 Å². The number of ether oxygens (including phenoxy) is 1. The Kier molecular flexibility index (Phi) is 3.61. The first-order chi connectivity index (χ1) is 7.34. The predicted octanol–water partition coefficient (Wildman–Crippen LogP) is 3.67. The summed E-state index contributed by atoms with van der Waals surface area (Å²) in [6, 6.07) is 19.0. The van der Waals surface area contributed by atoms with Crippen LogP contribution in [0.15, 0.2) is 48.5 Å². The lowest BCUT2D eigenvalue weighted by Crippen LogP contribution is -1.94. The van der Waals surface area contributed by atoms with Crippen LogP contribution in [0.5, 0.6) is 5.75 Å². The maximum absolute atomic E-state index is 5.61. The van der Waals surface area contributed by atoms with E-state index in [2.05, 4.69) is 40.8 Å². The van der Waals surface area contributed by atoms with Gasteiger partial charge in [0.2, 0.25) is 0 Å². The van der Waals surface area contributed by atoms with Gasteiger partial charge >= 0.3 is 0 Å². The molecule has 1 radical (unpaired) electrons. The average molecular weight is 309 g/mol. The summed E-state index contributed by atoms with van der Waals surface area (Å²) in [5, 5.41) is 0. The molecule has 0 bridgehead atoms. The summed E-state index contributed by atoms with van der Waals surface area (Å²) in [7, 11) is 0. The second kappa shape index (κ2) is 5.16. The Hall–Kier alpha value is -1.03. The van der Waals surface area contributed by atoms with Crippen LogP contribution in [0, 0.1) is 9.64 Å². The van der Waals surface area contributed by atoms with Crippen molar-refractivity contribution in [3.05, 3.63) is 63.7 Å². The molecule has 15 heavy (non-hydrogen) atoms. The third-order valence-electron chi connectivity index (χ3n) is 1.99. The highest BCUT2D eigenvalue weighted by molar-refractivity contribution is 14.1. The molecule has 0 saturated heterocycles. The maximum atomic E-state index is 5.61. The minimum atomic E-state index is 0.606. The molecule has 0 N–H and O–H groups in total.